The number of amides is 1. The lowest BCUT2D eigenvalue weighted by Crippen LogP contribution is -2.48. The molecule has 232 valence electrons. The number of phenolic OH excluding ortho intramolecular Hbond substituents is 1. The maximum atomic E-state index is 16.6. The fraction of sp³-hybridized carbons (Fsp3) is 0.484. The minimum Gasteiger partial charge on any atom is -0.508 e. The Balaban J connectivity index is 1.37. The molecule has 3 saturated heterocycles. The van der Waals surface area contributed by atoms with Gasteiger partial charge < -0.3 is 24.8 Å². The van der Waals surface area contributed by atoms with Crippen LogP contribution in [0.1, 0.15) is 44.6 Å². The van der Waals surface area contributed by atoms with E-state index in [9.17, 15) is 14.3 Å². The van der Waals surface area contributed by atoms with Gasteiger partial charge in [0.05, 0.1) is 28.1 Å². The van der Waals surface area contributed by atoms with Crippen molar-refractivity contribution in [2.24, 2.45) is 0 Å². The molecule has 6 bridgehead atoms. The number of hydrogen-bond acceptors (Lipinski definition) is 9. The van der Waals surface area contributed by atoms with Crippen LogP contribution >= 0.6 is 11.6 Å². The molecule has 1 aromatic carbocycles. The van der Waals surface area contributed by atoms with Gasteiger partial charge in [-0.25, -0.2) is 13.6 Å². The van der Waals surface area contributed by atoms with Crippen LogP contribution in [0.4, 0.5) is 19.4 Å². The molecule has 3 atom stereocenters. The van der Waals surface area contributed by atoms with E-state index in [1.807, 2.05) is 11.8 Å². The second kappa shape index (κ2) is 11.0. The van der Waals surface area contributed by atoms with Crippen molar-refractivity contribution in [2.75, 3.05) is 44.3 Å². The number of benzene rings is 1. The van der Waals surface area contributed by atoms with Crippen LogP contribution in [-0.2, 0) is 4.74 Å². The molecule has 44 heavy (non-hydrogen) atoms. The number of nitrogens with one attached hydrogen (secondary N) is 1. The number of aromatic hydroxyl groups is 1. The maximum absolute atomic E-state index is 16.6. The molecule has 0 radical (unpaired) electrons. The number of halogens is 3. The van der Waals surface area contributed by atoms with Gasteiger partial charge in [0, 0.05) is 43.4 Å². The number of carbonyl (C=O) groups is 1. The first-order chi connectivity index (χ1) is 21.1. The van der Waals surface area contributed by atoms with Crippen molar-refractivity contribution in [1.29, 1.82) is 0 Å². The van der Waals surface area contributed by atoms with Gasteiger partial charge >= 0.3 is 12.1 Å². The number of pyridine rings is 1. The standard InChI is InChI=1S/C31H33ClF2N6O4/c1-30-7-9-39(16-30)27-22-14-35-25(21-11-19(41)12-23(32)20(21)5-2-3-10-43-29(42)38-30)24(34)26(22)36-28(37-27)44-17-31-6-4-8-40(31)15-18(33)13-31/h2,5,11-12,14,18,41H,3-4,6-10,13,15-17H2,1H3,(H,38,42)/b5-2-/t18-,30-,31+/m1/s1. The lowest BCUT2D eigenvalue weighted by molar-refractivity contribution is 0.107. The van der Waals surface area contributed by atoms with Crippen molar-refractivity contribution in [3.05, 3.63) is 40.8 Å². The molecule has 8 rings (SSSR count). The fourth-order valence-electron chi connectivity index (χ4n) is 7.08. The van der Waals surface area contributed by atoms with Crippen LogP contribution < -0.4 is 15.0 Å². The summed E-state index contributed by atoms with van der Waals surface area (Å²) in [5, 5.41) is 13.9. The summed E-state index contributed by atoms with van der Waals surface area (Å²) in [4.78, 5) is 30.5. The smallest absolute Gasteiger partial charge is 0.407 e. The second-order valence-corrected chi connectivity index (χ2v) is 12.9. The highest BCUT2D eigenvalue weighted by Crippen LogP contribution is 2.42. The van der Waals surface area contributed by atoms with E-state index in [-0.39, 0.29) is 46.8 Å². The zero-order chi connectivity index (χ0) is 30.6. The molecule has 3 fully saturated rings. The highest BCUT2D eigenvalue weighted by molar-refractivity contribution is 6.32. The van der Waals surface area contributed by atoms with Crippen LogP contribution in [-0.4, -0.2) is 87.7 Å². The molecule has 5 aliphatic rings. The van der Waals surface area contributed by atoms with Crippen LogP contribution in [0.2, 0.25) is 5.02 Å². The summed E-state index contributed by atoms with van der Waals surface area (Å²) < 4.78 is 42.6. The van der Waals surface area contributed by atoms with E-state index < -0.39 is 29.2 Å². The Kier molecular flexibility index (Phi) is 7.24. The predicted molar refractivity (Wildman–Crippen MR) is 161 cm³/mol. The third kappa shape index (κ3) is 5.17. The largest absolute Gasteiger partial charge is 0.508 e. The SMILES string of the molecule is C[C@@]12CCN(C1)c1nc(OC[C@@]34CCCN3C[C@H](F)C4)nc3c(F)c(ncc13)-c1cc(O)cc(Cl)c1/C=C\CCOC(=O)N2. The number of alkyl carbamates (subject to hydrolysis) is 1. The van der Waals surface area contributed by atoms with Gasteiger partial charge in [-0.3, -0.25) is 9.88 Å². The van der Waals surface area contributed by atoms with Crippen LogP contribution in [0.25, 0.3) is 28.2 Å². The number of phenols is 1. The number of anilines is 1. The van der Waals surface area contributed by atoms with Gasteiger partial charge in [-0.2, -0.15) is 9.97 Å². The molecule has 3 aromatic rings. The summed E-state index contributed by atoms with van der Waals surface area (Å²) >= 11 is 6.50. The molecule has 0 spiro atoms. The molecule has 0 saturated carbocycles. The van der Waals surface area contributed by atoms with E-state index in [1.54, 1.807) is 12.2 Å². The molecule has 0 unspecified atom stereocenters. The van der Waals surface area contributed by atoms with Gasteiger partial charge in [-0.05, 0) is 51.3 Å². The number of aromatic nitrogens is 3. The molecular formula is C31H33ClF2N6O4. The summed E-state index contributed by atoms with van der Waals surface area (Å²) in [5.41, 5.74) is -0.424. The van der Waals surface area contributed by atoms with Crippen LogP contribution in [0, 0.1) is 5.82 Å². The first-order valence-corrected chi connectivity index (χ1v) is 15.3. The Morgan fingerprint density at radius 2 is 2.14 bits per heavy atom. The van der Waals surface area contributed by atoms with Gasteiger partial charge in [-0.15, -0.1) is 0 Å². The van der Waals surface area contributed by atoms with Gasteiger partial charge in [-0.1, -0.05) is 23.8 Å². The third-order valence-electron chi connectivity index (χ3n) is 9.22. The molecule has 2 aromatic heterocycles. The topological polar surface area (TPSA) is 113 Å². The average molecular weight is 627 g/mol. The maximum Gasteiger partial charge on any atom is 0.407 e. The number of fused-ring (bicyclic) bond motifs is 7. The molecule has 2 N–H and O–H groups in total. The highest BCUT2D eigenvalue weighted by atomic mass is 35.5. The Labute approximate surface area is 258 Å². The van der Waals surface area contributed by atoms with E-state index in [2.05, 4.69) is 20.2 Å². The normalized spacial score (nSPS) is 27.7. The molecule has 13 heteroatoms. The molecule has 1 amide bonds. The van der Waals surface area contributed by atoms with Crippen LogP contribution in [0.15, 0.2) is 24.4 Å². The van der Waals surface area contributed by atoms with Crippen molar-refractivity contribution < 1.29 is 28.2 Å². The first kappa shape index (κ1) is 29.0. The minimum absolute atomic E-state index is 0.00903. The fourth-order valence-corrected chi connectivity index (χ4v) is 7.36. The van der Waals surface area contributed by atoms with Crippen molar-refractivity contribution in [3.63, 3.8) is 0 Å². The van der Waals surface area contributed by atoms with Crippen molar-refractivity contribution >= 4 is 40.5 Å². The summed E-state index contributed by atoms with van der Waals surface area (Å²) in [6.07, 6.45) is 6.60. The zero-order valence-corrected chi connectivity index (χ0v) is 25.0. The summed E-state index contributed by atoms with van der Waals surface area (Å²) in [6, 6.07) is 2.73. The summed E-state index contributed by atoms with van der Waals surface area (Å²) in [6.45, 7) is 4.31. The number of nitrogens with zero attached hydrogens (tertiary/aromatic N) is 5. The highest BCUT2D eigenvalue weighted by Gasteiger charge is 2.49. The van der Waals surface area contributed by atoms with Crippen molar-refractivity contribution in [1.82, 2.24) is 25.2 Å². The van der Waals surface area contributed by atoms with Gasteiger partial charge in [0.1, 0.15) is 35.6 Å². The lowest BCUT2D eigenvalue weighted by Gasteiger charge is -2.31. The van der Waals surface area contributed by atoms with E-state index in [4.69, 9.17) is 26.1 Å². The lowest BCUT2D eigenvalue weighted by atomic mass is 9.95. The number of ether oxygens (including phenoxy) is 2. The number of carbonyl (C=O) groups excluding carboxylic acids is 1. The quantitative estimate of drug-likeness (QED) is 0.402. The number of alkyl halides is 1. The van der Waals surface area contributed by atoms with Gasteiger partial charge in [0.25, 0.3) is 0 Å². The minimum atomic E-state index is -0.923. The molecule has 5 aliphatic heterocycles. The third-order valence-corrected chi connectivity index (χ3v) is 9.54. The van der Waals surface area contributed by atoms with Gasteiger partial charge in [0.2, 0.25) is 0 Å². The van der Waals surface area contributed by atoms with Crippen molar-refractivity contribution in [2.45, 2.75) is 56.3 Å². The Morgan fingerprint density at radius 1 is 1.27 bits per heavy atom. The second-order valence-electron chi connectivity index (χ2n) is 12.4. The van der Waals surface area contributed by atoms with E-state index in [0.717, 1.165) is 19.4 Å². The monoisotopic (exact) mass is 626 g/mol. The zero-order valence-electron chi connectivity index (χ0n) is 24.3. The molecular weight excluding hydrogens is 594 g/mol. The van der Waals surface area contributed by atoms with E-state index >= 15 is 4.39 Å². The average Bonchev–Trinajstić information content (AvgIpc) is 3.63. The van der Waals surface area contributed by atoms with Gasteiger partial charge in [0.15, 0.2) is 5.82 Å². The van der Waals surface area contributed by atoms with E-state index in [0.29, 0.717) is 55.7 Å². The summed E-state index contributed by atoms with van der Waals surface area (Å²) in [5.74, 6) is -0.461. The predicted octanol–water partition coefficient (Wildman–Crippen LogP) is 5.26. The Morgan fingerprint density at radius 3 is 3.00 bits per heavy atom. The van der Waals surface area contributed by atoms with Crippen LogP contribution in [0.3, 0.4) is 0 Å². The molecule has 10 nitrogen and oxygen atoms in total. The molecule has 7 heterocycles. The Bertz CT molecular complexity index is 1680. The number of hydrogen-bond donors (Lipinski definition) is 2. The first-order valence-electron chi connectivity index (χ1n) is 14.9. The molecule has 0 aliphatic carbocycles. The Hall–Kier alpha value is -3.77. The van der Waals surface area contributed by atoms with Crippen LogP contribution in [0.5, 0.6) is 11.8 Å². The van der Waals surface area contributed by atoms with E-state index in [1.165, 1.54) is 18.3 Å². The summed E-state index contributed by atoms with van der Waals surface area (Å²) in [7, 11) is 0. The van der Waals surface area contributed by atoms with Crippen molar-refractivity contribution in [3.8, 4) is 23.0 Å². The number of rotatable bonds is 3.